The summed E-state index contributed by atoms with van der Waals surface area (Å²) in [6, 6.07) is 18.3. The standard InChI is InChI=1S/C27H25F3O4/c1-17(25(31)32)15-20-16-19(18-5-10-23(11-6-18)34-27(28,29)30)7-14-24(20)33-22-12-8-21(9-13-22)26(2,3)4/h5-16H,1-4H3,(H,31,32). The van der Waals surface area contributed by atoms with Crippen LogP contribution in [0.2, 0.25) is 0 Å². The Labute approximate surface area is 196 Å². The molecule has 34 heavy (non-hydrogen) atoms. The number of ether oxygens (including phenoxy) is 2. The van der Waals surface area contributed by atoms with Crippen LogP contribution in [0.5, 0.6) is 17.2 Å². The molecule has 7 heteroatoms. The molecule has 3 aromatic carbocycles. The highest BCUT2D eigenvalue weighted by molar-refractivity contribution is 5.92. The molecule has 0 aliphatic carbocycles. The summed E-state index contributed by atoms with van der Waals surface area (Å²) < 4.78 is 47.2. The summed E-state index contributed by atoms with van der Waals surface area (Å²) in [6.07, 6.45) is -3.27. The second-order valence-electron chi connectivity index (χ2n) is 8.83. The van der Waals surface area contributed by atoms with Gasteiger partial charge in [0.15, 0.2) is 0 Å². The van der Waals surface area contributed by atoms with Crippen LogP contribution in [0.25, 0.3) is 17.2 Å². The number of carboxylic acid groups (broad SMARTS) is 1. The first-order chi connectivity index (χ1) is 15.8. The predicted molar refractivity (Wildman–Crippen MR) is 125 cm³/mol. The lowest BCUT2D eigenvalue weighted by atomic mass is 9.87. The lowest BCUT2D eigenvalue weighted by Gasteiger charge is -2.19. The van der Waals surface area contributed by atoms with E-state index in [0.29, 0.717) is 28.2 Å². The summed E-state index contributed by atoms with van der Waals surface area (Å²) in [5.74, 6) is -0.349. The van der Waals surface area contributed by atoms with Gasteiger partial charge in [-0.05, 0) is 71.5 Å². The van der Waals surface area contributed by atoms with Crippen LogP contribution in [0.1, 0.15) is 38.8 Å². The van der Waals surface area contributed by atoms with E-state index in [2.05, 4.69) is 25.5 Å². The van der Waals surface area contributed by atoms with Crippen LogP contribution in [0.3, 0.4) is 0 Å². The second-order valence-corrected chi connectivity index (χ2v) is 8.83. The lowest BCUT2D eigenvalue weighted by molar-refractivity contribution is -0.274. The second kappa shape index (κ2) is 9.63. The monoisotopic (exact) mass is 470 g/mol. The molecule has 0 spiro atoms. The number of hydrogen-bond donors (Lipinski definition) is 1. The summed E-state index contributed by atoms with van der Waals surface area (Å²) in [7, 11) is 0. The molecular formula is C27H25F3O4. The number of halogens is 3. The molecule has 178 valence electrons. The molecule has 0 atom stereocenters. The zero-order chi connectivity index (χ0) is 25.1. The Morgan fingerprint density at radius 2 is 1.41 bits per heavy atom. The van der Waals surface area contributed by atoms with Crippen molar-refractivity contribution < 1.29 is 32.5 Å². The average Bonchev–Trinajstić information content (AvgIpc) is 2.74. The molecule has 1 N–H and O–H groups in total. The molecule has 0 aliphatic rings. The fraction of sp³-hybridized carbons (Fsp3) is 0.222. The minimum atomic E-state index is -4.77. The SMILES string of the molecule is CC(=Cc1cc(-c2ccc(OC(F)(F)F)cc2)ccc1Oc1ccc(C(C)(C)C)cc1)C(=O)O. The number of hydrogen-bond acceptors (Lipinski definition) is 3. The van der Waals surface area contributed by atoms with E-state index in [-0.39, 0.29) is 16.7 Å². The molecule has 0 fully saturated rings. The molecule has 0 saturated heterocycles. The highest BCUT2D eigenvalue weighted by atomic mass is 19.4. The Hall–Kier alpha value is -3.74. The van der Waals surface area contributed by atoms with Crippen molar-refractivity contribution in [2.24, 2.45) is 0 Å². The van der Waals surface area contributed by atoms with Gasteiger partial charge in [-0.2, -0.15) is 0 Å². The lowest BCUT2D eigenvalue weighted by Crippen LogP contribution is -2.16. The van der Waals surface area contributed by atoms with E-state index >= 15 is 0 Å². The van der Waals surface area contributed by atoms with Crippen molar-refractivity contribution in [1.82, 2.24) is 0 Å². The molecule has 0 saturated carbocycles. The maximum absolute atomic E-state index is 12.4. The maximum atomic E-state index is 12.4. The Kier molecular flexibility index (Phi) is 7.05. The van der Waals surface area contributed by atoms with Gasteiger partial charge in [-0.25, -0.2) is 4.79 Å². The molecule has 0 aliphatic heterocycles. The number of carboxylic acids is 1. The van der Waals surface area contributed by atoms with Gasteiger partial charge in [0.25, 0.3) is 0 Å². The smallest absolute Gasteiger partial charge is 0.478 e. The Bertz CT molecular complexity index is 1190. The summed E-state index contributed by atoms with van der Waals surface area (Å²) in [5.41, 5.74) is 3.09. The van der Waals surface area contributed by atoms with Gasteiger partial charge in [-0.15, -0.1) is 13.2 Å². The van der Waals surface area contributed by atoms with Gasteiger partial charge in [-0.1, -0.05) is 51.1 Å². The Morgan fingerprint density at radius 3 is 1.94 bits per heavy atom. The molecule has 0 unspecified atom stereocenters. The number of benzene rings is 3. The maximum Gasteiger partial charge on any atom is 0.573 e. The van der Waals surface area contributed by atoms with Gasteiger partial charge in [0, 0.05) is 11.1 Å². The van der Waals surface area contributed by atoms with Crippen molar-refractivity contribution in [3.05, 3.63) is 83.4 Å². The summed E-state index contributed by atoms with van der Waals surface area (Å²) in [4.78, 5) is 11.4. The minimum absolute atomic E-state index is 0.00658. The third kappa shape index (κ3) is 6.63. The van der Waals surface area contributed by atoms with E-state index in [1.54, 1.807) is 18.2 Å². The van der Waals surface area contributed by atoms with Gasteiger partial charge < -0.3 is 14.6 Å². The van der Waals surface area contributed by atoms with E-state index < -0.39 is 12.3 Å². The molecule has 0 amide bonds. The molecule has 0 aromatic heterocycles. The molecular weight excluding hydrogens is 445 g/mol. The number of rotatable bonds is 6. The summed E-state index contributed by atoms with van der Waals surface area (Å²) >= 11 is 0. The van der Waals surface area contributed by atoms with Gasteiger partial charge >= 0.3 is 12.3 Å². The van der Waals surface area contributed by atoms with Crippen molar-refractivity contribution in [2.75, 3.05) is 0 Å². The third-order valence-corrected chi connectivity index (χ3v) is 5.09. The van der Waals surface area contributed by atoms with Crippen LogP contribution < -0.4 is 9.47 Å². The zero-order valence-corrected chi connectivity index (χ0v) is 19.2. The molecule has 3 rings (SSSR count). The molecule has 0 heterocycles. The minimum Gasteiger partial charge on any atom is -0.478 e. The number of alkyl halides is 3. The topological polar surface area (TPSA) is 55.8 Å². The van der Waals surface area contributed by atoms with E-state index in [4.69, 9.17) is 4.74 Å². The van der Waals surface area contributed by atoms with Crippen LogP contribution in [0.15, 0.2) is 72.3 Å². The Balaban J connectivity index is 1.95. The highest BCUT2D eigenvalue weighted by Gasteiger charge is 2.31. The van der Waals surface area contributed by atoms with E-state index in [9.17, 15) is 23.1 Å². The van der Waals surface area contributed by atoms with Crippen LogP contribution >= 0.6 is 0 Å². The van der Waals surface area contributed by atoms with Crippen LogP contribution in [-0.2, 0) is 10.2 Å². The quantitative estimate of drug-likeness (QED) is 0.373. The van der Waals surface area contributed by atoms with Crippen LogP contribution in [0.4, 0.5) is 13.2 Å². The largest absolute Gasteiger partial charge is 0.573 e. The van der Waals surface area contributed by atoms with Gasteiger partial charge in [0.05, 0.1) is 0 Å². The molecule has 0 radical (unpaired) electrons. The molecule has 0 bridgehead atoms. The van der Waals surface area contributed by atoms with Crippen molar-refractivity contribution in [3.63, 3.8) is 0 Å². The van der Waals surface area contributed by atoms with Gasteiger partial charge in [-0.3, -0.25) is 0 Å². The van der Waals surface area contributed by atoms with Crippen molar-refractivity contribution in [2.45, 2.75) is 39.5 Å². The van der Waals surface area contributed by atoms with E-state index in [0.717, 1.165) is 5.56 Å². The van der Waals surface area contributed by atoms with Gasteiger partial charge in [0.1, 0.15) is 17.2 Å². The van der Waals surface area contributed by atoms with Crippen molar-refractivity contribution >= 4 is 12.0 Å². The molecule has 4 nitrogen and oxygen atoms in total. The number of aliphatic carboxylic acids is 1. The first-order valence-electron chi connectivity index (χ1n) is 10.5. The van der Waals surface area contributed by atoms with Crippen LogP contribution in [-0.4, -0.2) is 17.4 Å². The Morgan fingerprint density at radius 1 is 0.853 bits per heavy atom. The fourth-order valence-electron chi connectivity index (χ4n) is 3.23. The number of carbonyl (C=O) groups is 1. The first-order valence-corrected chi connectivity index (χ1v) is 10.5. The summed E-state index contributed by atoms with van der Waals surface area (Å²) in [5, 5.41) is 9.33. The zero-order valence-electron chi connectivity index (χ0n) is 19.2. The van der Waals surface area contributed by atoms with E-state index in [1.807, 2.05) is 24.3 Å². The summed E-state index contributed by atoms with van der Waals surface area (Å²) in [6.45, 7) is 7.81. The van der Waals surface area contributed by atoms with Crippen LogP contribution in [0, 0.1) is 0 Å². The van der Waals surface area contributed by atoms with E-state index in [1.165, 1.54) is 37.3 Å². The van der Waals surface area contributed by atoms with Crippen molar-refractivity contribution in [3.8, 4) is 28.4 Å². The average molecular weight is 470 g/mol. The van der Waals surface area contributed by atoms with Gasteiger partial charge in [0.2, 0.25) is 0 Å². The predicted octanol–water partition coefficient (Wildman–Crippen LogP) is 7.83. The molecule has 3 aromatic rings. The first kappa shape index (κ1) is 24.9. The third-order valence-electron chi connectivity index (χ3n) is 5.09. The normalized spacial score (nSPS) is 12.4. The highest BCUT2D eigenvalue weighted by Crippen LogP contribution is 2.34. The fourth-order valence-corrected chi connectivity index (χ4v) is 3.23. The van der Waals surface area contributed by atoms with Crippen molar-refractivity contribution in [1.29, 1.82) is 0 Å².